The Hall–Kier alpha value is -3.42. The number of carbonyl (C=O) groups excluding carboxylic acids is 2. The van der Waals surface area contributed by atoms with E-state index in [0.717, 1.165) is 24.5 Å². The van der Waals surface area contributed by atoms with Crippen LogP contribution in [-0.2, 0) is 16.0 Å². The van der Waals surface area contributed by atoms with Crippen LogP contribution in [0, 0.1) is 5.82 Å². The molecule has 2 aliphatic carbocycles. The van der Waals surface area contributed by atoms with Crippen LogP contribution < -0.4 is 16.4 Å². The van der Waals surface area contributed by atoms with E-state index < -0.39 is 23.9 Å². The average Bonchev–Trinajstić information content (AvgIpc) is 3.67. The standard InChI is InChI=1S/C18H25NO.C9H9FN2O3/c20-18(19-17-11-12-17)13-8-14-6-9-16(10-7-14)15-4-2-1-3-5-15;10-6-3-1-5(2-4-6)7(8(11)13)12-9(14)15/h6-7,9-10,15,17H,1-5,8,11-13H2,(H,19,20);1-4,7,12H,(H2,11,13)(H,14,15)/t;7-/m.1/s1. The highest BCUT2D eigenvalue weighted by atomic mass is 19.1. The van der Waals surface area contributed by atoms with Gasteiger partial charge < -0.3 is 21.5 Å². The van der Waals surface area contributed by atoms with Crippen LogP contribution in [0.25, 0.3) is 0 Å². The second-order valence-electron chi connectivity index (χ2n) is 9.25. The number of halogens is 1. The van der Waals surface area contributed by atoms with Crippen LogP contribution in [0.5, 0.6) is 0 Å². The van der Waals surface area contributed by atoms with Gasteiger partial charge in [0.1, 0.15) is 11.9 Å². The largest absolute Gasteiger partial charge is 0.465 e. The van der Waals surface area contributed by atoms with Gasteiger partial charge in [0.15, 0.2) is 0 Å². The minimum atomic E-state index is -1.37. The number of nitrogens with two attached hydrogens (primary N) is 1. The van der Waals surface area contributed by atoms with Crippen molar-refractivity contribution in [1.82, 2.24) is 10.6 Å². The van der Waals surface area contributed by atoms with Crippen LogP contribution in [0.3, 0.4) is 0 Å². The molecular weight excluding hydrogens is 449 g/mol. The molecule has 3 amide bonds. The number of nitrogens with one attached hydrogen (secondary N) is 2. The summed E-state index contributed by atoms with van der Waals surface area (Å²) in [4.78, 5) is 33.0. The number of benzene rings is 2. The van der Waals surface area contributed by atoms with Crippen molar-refractivity contribution in [2.75, 3.05) is 0 Å². The summed E-state index contributed by atoms with van der Waals surface area (Å²) in [7, 11) is 0. The van der Waals surface area contributed by atoms with Gasteiger partial charge >= 0.3 is 6.09 Å². The first-order chi connectivity index (χ1) is 16.8. The van der Waals surface area contributed by atoms with Crippen LogP contribution in [0.15, 0.2) is 48.5 Å². The summed E-state index contributed by atoms with van der Waals surface area (Å²) in [5.74, 6) is -0.332. The fourth-order valence-electron chi connectivity index (χ4n) is 4.28. The highest BCUT2D eigenvalue weighted by molar-refractivity contribution is 5.85. The van der Waals surface area contributed by atoms with Crippen LogP contribution in [0.4, 0.5) is 9.18 Å². The lowest BCUT2D eigenvalue weighted by atomic mass is 9.84. The van der Waals surface area contributed by atoms with Crippen molar-refractivity contribution in [3.05, 3.63) is 71.0 Å². The highest BCUT2D eigenvalue weighted by Crippen LogP contribution is 2.32. The number of hydrogen-bond acceptors (Lipinski definition) is 3. The van der Waals surface area contributed by atoms with Crippen molar-refractivity contribution in [2.24, 2.45) is 5.73 Å². The van der Waals surface area contributed by atoms with Crippen LogP contribution in [-0.4, -0.2) is 29.1 Å². The van der Waals surface area contributed by atoms with E-state index in [-0.39, 0.29) is 5.91 Å². The quantitative estimate of drug-likeness (QED) is 0.439. The van der Waals surface area contributed by atoms with Crippen molar-refractivity contribution in [2.45, 2.75) is 75.8 Å². The average molecular weight is 484 g/mol. The van der Waals surface area contributed by atoms with Crippen molar-refractivity contribution >= 4 is 17.9 Å². The maximum atomic E-state index is 12.6. The van der Waals surface area contributed by atoms with Gasteiger partial charge in [0, 0.05) is 12.5 Å². The monoisotopic (exact) mass is 483 g/mol. The molecule has 0 radical (unpaired) electrons. The first kappa shape index (κ1) is 26.2. The molecular formula is C27H34FN3O4. The Balaban J connectivity index is 0.000000205. The molecule has 4 rings (SSSR count). The Morgan fingerprint density at radius 2 is 1.57 bits per heavy atom. The van der Waals surface area contributed by atoms with E-state index in [4.69, 9.17) is 10.8 Å². The van der Waals surface area contributed by atoms with Crippen molar-refractivity contribution in [1.29, 1.82) is 0 Å². The van der Waals surface area contributed by atoms with Gasteiger partial charge in [0.05, 0.1) is 0 Å². The van der Waals surface area contributed by atoms with Gasteiger partial charge in [0.2, 0.25) is 11.8 Å². The molecule has 2 aromatic carbocycles. The molecule has 0 saturated heterocycles. The van der Waals surface area contributed by atoms with Crippen LogP contribution >= 0.6 is 0 Å². The first-order valence-electron chi connectivity index (χ1n) is 12.2. The summed E-state index contributed by atoms with van der Waals surface area (Å²) >= 11 is 0. The van der Waals surface area contributed by atoms with Crippen LogP contribution in [0.1, 0.15) is 80.0 Å². The molecule has 7 nitrogen and oxygen atoms in total. The minimum absolute atomic E-state index is 0.212. The van der Waals surface area contributed by atoms with Gasteiger partial charge in [-0.3, -0.25) is 9.59 Å². The maximum absolute atomic E-state index is 12.6. The summed E-state index contributed by atoms with van der Waals surface area (Å²) in [5.41, 5.74) is 8.08. The maximum Gasteiger partial charge on any atom is 0.405 e. The Kier molecular flexibility index (Phi) is 9.64. The molecule has 35 heavy (non-hydrogen) atoms. The Labute approximate surface area is 205 Å². The summed E-state index contributed by atoms with van der Waals surface area (Å²) in [6.45, 7) is 0. The number of amides is 3. The minimum Gasteiger partial charge on any atom is -0.465 e. The Bertz CT molecular complexity index is 984. The van der Waals surface area contributed by atoms with Crippen molar-refractivity contribution in [3.63, 3.8) is 0 Å². The van der Waals surface area contributed by atoms with Gasteiger partial charge in [-0.1, -0.05) is 55.7 Å². The van der Waals surface area contributed by atoms with E-state index in [9.17, 15) is 18.8 Å². The molecule has 2 aromatic rings. The normalized spacial score (nSPS) is 16.4. The molecule has 2 aliphatic rings. The molecule has 0 bridgehead atoms. The predicted molar refractivity (Wildman–Crippen MR) is 131 cm³/mol. The number of carboxylic acid groups (broad SMARTS) is 1. The van der Waals surface area contributed by atoms with Crippen molar-refractivity contribution in [3.8, 4) is 0 Å². The smallest absolute Gasteiger partial charge is 0.405 e. The van der Waals surface area contributed by atoms with E-state index in [1.54, 1.807) is 0 Å². The SMILES string of the molecule is NC(=O)[C@H](NC(=O)O)c1ccc(F)cc1.O=C(CCc1ccc(C2CCCCC2)cc1)NC1CC1. The fraction of sp³-hybridized carbons (Fsp3) is 0.444. The molecule has 0 heterocycles. The number of rotatable bonds is 8. The van der Waals surface area contributed by atoms with E-state index >= 15 is 0 Å². The number of aryl methyl sites for hydroxylation is 1. The molecule has 2 saturated carbocycles. The molecule has 2 fully saturated rings. The molecule has 5 N–H and O–H groups in total. The number of carbonyl (C=O) groups is 3. The zero-order chi connectivity index (χ0) is 25.2. The topological polar surface area (TPSA) is 122 Å². The molecule has 8 heteroatoms. The second-order valence-corrected chi connectivity index (χ2v) is 9.25. The summed E-state index contributed by atoms with van der Waals surface area (Å²) in [6.07, 6.45) is 9.33. The van der Waals surface area contributed by atoms with Crippen LogP contribution in [0.2, 0.25) is 0 Å². The second kappa shape index (κ2) is 12.9. The van der Waals surface area contributed by atoms with Gasteiger partial charge in [-0.2, -0.15) is 0 Å². The Morgan fingerprint density at radius 3 is 2.11 bits per heavy atom. The van der Waals surface area contributed by atoms with E-state index in [1.807, 2.05) is 5.32 Å². The van der Waals surface area contributed by atoms with Gasteiger partial charge in [-0.15, -0.1) is 0 Å². The lowest BCUT2D eigenvalue weighted by molar-refractivity contribution is -0.121. The zero-order valence-electron chi connectivity index (χ0n) is 19.8. The fourth-order valence-corrected chi connectivity index (χ4v) is 4.28. The van der Waals surface area contributed by atoms with Gasteiger partial charge in [-0.05, 0) is 66.8 Å². The zero-order valence-corrected chi connectivity index (χ0v) is 19.8. The number of primary amides is 1. The molecule has 0 aromatic heterocycles. The lowest BCUT2D eigenvalue weighted by Gasteiger charge is -2.22. The third-order valence-electron chi connectivity index (χ3n) is 6.40. The third kappa shape index (κ3) is 9.03. The number of hydrogen-bond donors (Lipinski definition) is 4. The third-order valence-corrected chi connectivity index (χ3v) is 6.40. The molecule has 0 aliphatic heterocycles. The van der Waals surface area contributed by atoms with Gasteiger partial charge in [0.25, 0.3) is 0 Å². The molecule has 1 atom stereocenters. The summed E-state index contributed by atoms with van der Waals surface area (Å²) < 4.78 is 12.6. The van der Waals surface area contributed by atoms with E-state index in [1.165, 1.54) is 68.2 Å². The van der Waals surface area contributed by atoms with Crippen molar-refractivity contribution < 1.29 is 23.9 Å². The lowest BCUT2D eigenvalue weighted by Crippen LogP contribution is -2.36. The van der Waals surface area contributed by atoms with Gasteiger partial charge in [-0.25, -0.2) is 9.18 Å². The van der Waals surface area contributed by atoms with E-state index in [0.29, 0.717) is 18.0 Å². The van der Waals surface area contributed by atoms with E-state index in [2.05, 4.69) is 29.6 Å². The summed E-state index contributed by atoms with van der Waals surface area (Å²) in [5, 5.41) is 13.4. The molecule has 0 spiro atoms. The highest BCUT2D eigenvalue weighted by Gasteiger charge is 2.23. The molecule has 0 unspecified atom stereocenters. The molecule has 188 valence electrons. The predicted octanol–water partition coefficient (Wildman–Crippen LogP) is 4.57. The first-order valence-corrected chi connectivity index (χ1v) is 12.2. The summed E-state index contributed by atoms with van der Waals surface area (Å²) in [6, 6.07) is 13.1. The Morgan fingerprint density at radius 1 is 0.943 bits per heavy atom.